The largest absolute Gasteiger partial charge is 0.469 e. The molecule has 1 aromatic rings. The summed E-state index contributed by atoms with van der Waals surface area (Å²) in [5, 5.41) is 9.04. The number of nitrogens with zero attached hydrogens (tertiary/aromatic N) is 2. The van der Waals surface area contributed by atoms with E-state index >= 15 is 0 Å². The average molecular weight is 262 g/mol. The van der Waals surface area contributed by atoms with Crippen molar-refractivity contribution in [2.24, 2.45) is 5.41 Å². The van der Waals surface area contributed by atoms with Crippen LogP contribution >= 0.6 is 0 Å². The molecule has 5 heteroatoms. The van der Waals surface area contributed by atoms with Gasteiger partial charge >= 0.3 is 5.97 Å². The number of rotatable bonds is 2. The number of hydrogen-bond donors (Lipinski definition) is 0. The smallest absolute Gasteiger partial charge is 0.313 e. The molecule has 4 nitrogen and oxygen atoms in total. The molecule has 1 aromatic carbocycles. The monoisotopic (exact) mass is 262 g/mol. The SMILES string of the molecule is COC(=O)C1(C)CCN(c2cccc(F)c2C#N)C1. The Morgan fingerprint density at radius 3 is 2.95 bits per heavy atom. The molecule has 1 heterocycles. The molecule has 100 valence electrons. The van der Waals surface area contributed by atoms with Crippen molar-refractivity contribution in [3.63, 3.8) is 0 Å². The van der Waals surface area contributed by atoms with Gasteiger partial charge in [0.15, 0.2) is 0 Å². The molecular formula is C14H15FN2O2. The predicted octanol–water partition coefficient (Wildman–Crippen LogP) is 2.09. The third-order valence-electron chi connectivity index (χ3n) is 3.60. The lowest BCUT2D eigenvalue weighted by Gasteiger charge is -2.23. The Labute approximate surface area is 111 Å². The molecule has 0 saturated carbocycles. The zero-order chi connectivity index (χ0) is 14.0. The van der Waals surface area contributed by atoms with Crippen LogP contribution in [0.2, 0.25) is 0 Å². The quantitative estimate of drug-likeness (QED) is 0.766. The minimum atomic E-state index is -0.603. The van der Waals surface area contributed by atoms with Crippen LogP contribution in [-0.2, 0) is 9.53 Å². The van der Waals surface area contributed by atoms with Crippen LogP contribution in [0.1, 0.15) is 18.9 Å². The van der Waals surface area contributed by atoms with Gasteiger partial charge in [0.1, 0.15) is 17.4 Å². The highest BCUT2D eigenvalue weighted by Crippen LogP contribution is 2.35. The average Bonchev–Trinajstić information content (AvgIpc) is 2.81. The van der Waals surface area contributed by atoms with E-state index in [0.717, 1.165) is 0 Å². The maximum Gasteiger partial charge on any atom is 0.313 e. The van der Waals surface area contributed by atoms with Gasteiger partial charge in [0, 0.05) is 13.1 Å². The number of methoxy groups -OCH3 is 1. The number of halogens is 1. The van der Waals surface area contributed by atoms with E-state index < -0.39 is 11.2 Å². The fourth-order valence-corrected chi connectivity index (χ4v) is 2.47. The van der Waals surface area contributed by atoms with Gasteiger partial charge in [0.25, 0.3) is 0 Å². The minimum absolute atomic E-state index is 0.0246. The van der Waals surface area contributed by atoms with Gasteiger partial charge in [0.2, 0.25) is 0 Å². The Morgan fingerprint density at radius 1 is 1.58 bits per heavy atom. The third-order valence-corrected chi connectivity index (χ3v) is 3.60. The first-order chi connectivity index (χ1) is 9.01. The molecule has 0 aliphatic carbocycles. The summed E-state index contributed by atoms with van der Waals surface area (Å²) in [5.74, 6) is -0.809. The van der Waals surface area contributed by atoms with Crippen LogP contribution in [0.3, 0.4) is 0 Å². The Bertz CT molecular complexity index is 553. The van der Waals surface area contributed by atoms with Crippen LogP contribution in [-0.4, -0.2) is 26.2 Å². The fourth-order valence-electron chi connectivity index (χ4n) is 2.47. The van der Waals surface area contributed by atoms with Crippen molar-refractivity contribution < 1.29 is 13.9 Å². The summed E-state index contributed by atoms with van der Waals surface area (Å²) < 4.78 is 18.4. The molecule has 0 N–H and O–H groups in total. The van der Waals surface area contributed by atoms with Crippen LogP contribution in [0, 0.1) is 22.6 Å². The van der Waals surface area contributed by atoms with Gasteiger partial charge in [-0.05, 0) is 25.5 Å². The molecule has 1 atom stereocenters. The summed E-state index contributed by atoms with van der Waals surface area (Å²) in [7, 11) is 1.36. The van der Waals surface area contributed by atoms with Crippen LogP contribution < -0.4 is 4.90 Å². The number of benzene rings is 1. The highest BCUT2D eigenvalue weighted by atomic mass is 19.1. The highest BCUT2D eigenvalue weighted by molar-refractivity contribution is 5.78. The molecule has 1 aliphatic heterocycles. The number of carbonyl (C=O) groups is 1. The van der Waals surface area contributed by atoms with Crippen LogP contribution in [0.15, 0.2) is 18.2 Å². The zero-order valence-corrected chi connectivity index (χ0v) is 10.9. The molecule has 1 aliphatic rings. The fraction of sp³-hybridized carbons (Fsp3) is 0.429. The summed E-state index contributed by atoms with van der Waals surface area (Å²) >= 11 is 0. The highest BCUT2D eigenvalue weighted by Gasteiger charge is 2.42. The van der Waals surface area contributed by atoms with Gasteiger partial charge in [-0.1, -0.05) is 6.07 Å². The van der Waals surface area contributed by atoms with Crippen molar-refractivity contribution in [2.45, 2.75) is 13.3 Å². The van der Waals surface area contributed by atoms with Crippen molar-refractivity contribution in [3.8, 4) is 6.07 Å². The van der Waals surface area contributed by atoms with E-state index in [1.54, 1.807) is 12.1 Å². The standard InChI is InChI=1S/C14H15FN2O2/c1-14(13(18)19-2)6-7-17(9-14)12-5-3-4-11(15)10(12)8-16/h3-5H,6-7,9H2,1-2H3. The predicted molar refractivity (Wildman–Crippen MR) is 68.1 cm³/mol. The van der Waals surface area contributed by atoms with Crippen molar-refractivity contribution >= 4 is 11.7 Å². The maximum atomic E-state index is 13.6. The second-order valence-electron chi connectivity index (χ2n) is 4.97. The lowest BCUT2D eigenvalue weighted by Crippen LogP contribution is -2.33. The number of nitriles is 1. The molecule has 19 heavy (non-hydrogen) atoms. The molecular weight excluding hydrogens is 247 g/mol. The molecule has 0 amide bonds. The van der Waals surface area contributed by atoms with E-state index in [1.165, 1.54) is 13.2 Å². The van der Waals surface area contributed by atoms with Crippen molar-refractivity contribution in [3.05, 3.63) is 29.6 Å². The number of ether oxygens (including phenoxy) is 1. The lowest BCUT2D eigenvalue weighted by molar-refractivity contribution is -0.150. The van der Waals surface area contributed by atoms with Gasteiger partial charge in [-0.2, -0.15) is 5.26 Å². The second kappa shape index (κ2) is 4.88. The van der Waals surface area contributed by atoms with E-state index in [2.05, 4.69) is 0 Å². The Kier molecular flexibility index (Phi) is 3.43. The minimum Gasteiger partial charge on any atom is -0.469 e. The molecule has 0 radical (unpaired) electrons. The van der Waals surface area contributed by atoms with Crippen LogP contribution in [0.5, 0.6) is 0 Å². The first kappa shape index (κ1) is 13.3. The number of esters is 1. The number of carbonyl (C=O) groups excluding carboxylic acids is 1. The molecule has 0 bridgehead atoms. The van der Waals surface area contributed by atoms with Gasteiger partial charge in [-0.25, -0.2) is 4.39 Å². The van der Waals surface area contributed by atoms with Crippen LogP contribution in [0.25, 0.3) is 0 Å². The molecule has 0 spiro atoms. The van der Waals surface area contributed by atoms with Crippen molar-refractivity contribution in [2.75, 3.05) is 25.1 Å². The summed E-state index contributed by atoms with van der Waals surface area (Å²) in [4.78, 5) is 13.6. The summed E-state index contributed by atoms with van der Waals surface area (Å²) in [5.41, 5.74) is -0.0416. The summed E-state index contributed by atoms with van der Waals surface area (Å²) in [6.45, 7) is 2.85. The van der Waals surface area contributed by atoms with E-state index in [-0.39, 0.29) is 11.5 Å². The lowest BCUT2D eigenvalue weighted by atomic mass is 9.90. The van der Waals surface area contributed by atoms with E-state index in [4.69, 9.17) is 10.00 Å². The first-order valence-electron chi connectivity index (χ1n) is 6.04. The third kappa shape index (κ3) is 2.26. The molecule has 2 rings (SSSR count). The van der Waals surface area contributed by atoms with Gasteiger partial charge in [-0.3, -0.25) is 4.79 Å². The first-order valence-corrected chi connectivity index (χ1v) is 6.04. The van der Waals surface area contributed by atoms with E-state index in [9.17, 15) is 9.18 Å². The van der Waals surface area contributed by atoms with Gasteiger partial charge in [0.05, 0.1) is 18.2 Å². The molecule has 1 unspecified atom stereocenters. The van der Waals surface area contributed by atoms with Crippen molar-refractivity contribution in [1.29, 1.82) is 5.26 Å². The molecule has 1 saturated heterocycles. The topological polar surface area (TPSA) is 53.3 Å². The normalized spacial score (nSPS) is 22.1. The molecule has 1 fully saturated rings. The van der Waals surface area contributed by atoms with Crippen LogP contribution in [0.4, 0.5) is 10.1 Å². The second-order valence-corrected chi connectivity index (χ2v) is 4.97. The number of hydrogen-bond acceptors (Lipinski definition) is 4. The Hall–Kier alpha value is -2.09. The van der Waals surface area contributed by atoms with E-state index in [0.29, 0.717) is 25.2 Å². The number of anilines is 1. The summed E-state index contributed by atoms with van der Waals surface area (Å²) in [6.07, 6.45) is 0.626. The zero-order valence-electron chi connectivity index (χ0n) is 10.9. The Balaban J connectivity index is 2.30. The van der Waals surface area contributed by atoms with Gasteiger partial charge < -0.3 is 9.64 Å². The van der Waals surface area contributed by atoms with Gasteiger partial charge in [-0.15, -0.1) is 0 Å². The molecule has 0 aromatic heterocycles. The summed E-state index contributed by atoms with van der Waals surface area (Å²) in [6, 6.07) is 6.41. The Morgan fingerprint density at radius 2 is 2.32 bits per heavy atom. The van der Waals surface area contributed by atoms with E-state index in [1.807, 2.05) is 17.9 Å². The maximum absolute atomic E-state index is 13.6. The van der Waals surface area contributed by atoms with Crippen molar-refractivity contribution in [1.82, 2.24) is 0 Å².